The molecule has 110 valence electrons. The molecule has 2 atom stereocenters. The van der Waals surface area contributed by atoms with Gasteiger partial charge in [0.1, 0.15) is 6.61 Å². The number of aromatic nitrogens is 2. The van der Waals surface area contributed by atoms with Crippen molar-refractivity contribution in [3.63, 3.8) is 0 Å². The van der Waals surface area contributed by atoms with E-state index in [-0.39, 0.29) is 6.10 Å². The van der Waals surface area contributed by atoms with Crippen molar-refractivity contribution < 1.29 is 14.0 Å². The number of benzene rings is 1. The highest BCUT2D eigenvalue weighted by Crippen LogP contribution is 2.35. The number of hydrogen-bond acceptors (Lipinski definition) is 6. The average molecular weight is 287 g/mol. The molecule has 6 nitrogen and oxygen atoms in total. The molecule has 0 amide bonds. The minimum absolute atomic E-state index is 0.303. The minimum atomic E-state index is -0.311. The highest BCUT2D eigenvalue weighted by Gasteiger charge is 2.29. The highest BCUT2D eigenvalue weighted by molar-refractivity contribution is 5.40. The van der Waals surface area contributed by atoms with E-state index in [4.69, 9.17) is 14.0 Å². The lowest BCUT2D eigenvalue weighted by molar-refractivity contribution is 0.0832. The van der Waals surface area contributed by atoms with Gasteiger partial charge in [0.25, 0.3) is 0 Å². The lowest BCUT2D eigenvalue weighted by Crippen LogP contribution is -2.28. The Bertz CT molecular complexity index is 622. The molecule has 1 aromatic heterocycles. The standard InChI is InChI=1S/C15H17N3O3/c1-2-6-12-11(5-1)19-9-13(20-12)14-17-15(21-18-14)10-4-3-7-16-8-10/h1-2,5-6,10,13,16H,3-4,7-9H2. The number of rotatable bonds is 2. The van der Waals surface area contributed by atoms with Crippen LogP contribution in [0.4, 0.5) is 0 Å². The van der Waals surface area contributed by atoms with E-state index in [9.17, 15) is 0 Å². The summed E-state index contributed by atoms with van der Waals surface area (Å²) in [4.78, 5) is 4.51. The van der Waals surface area contributed by atoms with Crippen LogP contribution in [0.15, 0.2) is 28.8 Å². The monoisotopic (exact) mass is 287 g/mol. The Morgan fingerprint density at radius 3 is 2.95 bits per heavy atom. The molecule has 0 spiro atoms. The molecule has 3 heterocycles. The molecular formula is C15H17N3O3. The summed E-state index contributed by atoms with van der Waals surface area (Å²) in [5.41, 5.74) is 0. The molecule has 1 aromatic carbocycles. The summed E-state index contributed by atoms with van der Waals surface area (Å²) >= 11 is 0. The molecule has 2 aromatic rings. The fourth-order valence-electron chi connectivity index (χ4n) is 2.75. The normalized spacial score (nSPS) is 24.8. The van der Waals surface area contributed by atoms with Crippen molar-refractivity contribution >= 4 is 0 Å². The van der Waals surface area contributed by atoms with Crippen LogP contribution in [-0.4, -0.2) is 29.8 Å². The Morgan fingerprint density at radius 1 is 1.19 bits per heavy atom. The second kappa shape index (κ2) is 5.37. The summed E-state index contributed by atoms with van der Waals surface area (Å²) in [5.74, 6) is 3.04. The van der Waals surface area contributed by atoms with E-state index in [2.05, 4.69) is 15.5 Å². The van der Waals surface area contributed by atoms with E-state index in [0.717, 1.165) is 37.4 Å². The molecule has 6 heteroatoms. The van der Waals surface area contributed by atoms with Gasteiger partial charge in [-0.15, -0.1) is 0 Å². The summed E-state index contributed by atoms with van der Waals surface area (Å²) < 4.78 is 17.0. The number of piperidine rings is 1. The summed E-state index contributed by atoms with van der Waals surface area (Å²) in [7, 11) is 0. The molecule has 1 fully saturated rings. The molecule has 0 aliphatic carbocycles. The maximum absolute atomic E-state index is 5.89. The van der Waals surface area contributed by atoms with Crippen LogP contribution in [0.3, 0.4) is 0 Å². The molecule has 4 rings (SSSR count). The molecule has 2 aliphatic heterocycles. The Balaban J connectivity index is 1.51. The molecular weight excluding hydrogens is 270 g/mol. The van der Waals surface area contributed by atoms with Crippen molar-refractivity contribution in [1.82, 2.24) is 15.5 Å². The second-order valence-electron chi connectivity index (χ2n) is 5.40. The van der Waals surface area contributed by atoms with E-state index >= 15 is 0 Å². The van der Waals surface area contributed by atoms with Crippen LogP contribution in [0.25, 0.3) is 0 Å². The molecule has 21 heavy (non-hydrogen) atoms. The fraction of sp³-hybridized carbons (Fsp3) is 0.467. The van der Waals surface area contributed by atoms with Crippen molar-refractivity contribution in [2.75, 3.05) is 19.7 Å². The van der Waals surface area contributed by atoms with Gasteiger partial charge in [-0.3, -0.25) is 0 Å². The van der Waals surface area contributed by atoms with Crippen LogP contribution >= 0.6 is 0 Å². The van der Waals surface area contributed by atoms with Crippen molar-refractivity contribution in [2.45, 2.75) is 24.9 Å². The number of ether oxygens (including phenoxy) is 2. The van der Waals surface area contributed by atoms with E-state index in [1.54, 1.807) is 0 Å². The summed E-state index contributed by atoms with van der Waals surface area (Å²) in [6, 6.07) is 7.61. The molecule has 1 saturated heterocycles. The van der Waals surface area contributed by atoms with Gasteiger partial charge in [-0.2, -0.15) is 4.98 Å². The predicted octanol–water partition coefficient (Wildman–Crippen LogP) is 2.05. The van der Waals surface area contributed by atoms with Crippen molar-refractivity contribution in [3.05, 3.63) is 36.0 Å². The Kier molecular flexibility index (Phi) is 3.23. The molecule has 0 saturated carbocycles. The first-order valence-electron chi connectivity index (χ1n) is 7.33. The van der Waals surface area contributed by atoms with Crippen molar-refractivity contribution in [3.8, 4) is 11.5 Å². The second-order valence-corrected chi connectivity index (χ2v) is 5.40. The van der Waals surface area contributed by atoms with Gasteiger partial charge in [-0.25, -0.2) is 0 Å². The number of hydrogen-bond donors (Lipinski definition) is 1. The van der Waals surface area contributed by atoms with E-state index in [0.29, 0.717) is 24.2 Å². The van der Waals surface area contributed by atoms with Crippen LogP contribution < -0.4 is 14.8 Å². The van der Waals surface area contributed by atoms with Crippen LogP contribution in [0.5, 0.6) is 11.5 Å². The molecule has 0 bridgehead atoms. The molecule has 2 aliphatic rings. The predicted molar refractivity (Wildman–Crippen MR) is 74.4 cm³/mol. The maximum Gasteiger partial charge on any atom is 0.231 e. The number of nitrogens with zero attached hydrogens (tertiary/aromatic N) is 2. The van der Waals surface area contributed by atoms with Gasteiger partial charge < -0.3 is 19.3 Å². The summed E-state index contributed by atoms with van der Waals surface area (Å²) in [6.07, 6.45) is 1.91. The summed E-state index contributed by atoms with van der Waals surface area (Å²) in [5, 5.41) is 7.42. The third-order valence-corrected chi connectivity index (χ3v) is 3.90. The largest absolute Gasteiger partial charge is 0.485 e. The first-order valence-corrected chi connectivity index (χ1v) is 7.33. The van der Waals surface area contributed by atoms with Gasteiger partial charge in [0.15, 0.2) is 17.6 Å². The zero-order valence-corrected chi connectivity index (χ0v) is 11.6. The topological polar surface area (TPSA) is 69.4 Å². The lowest BCUT2D eigenvalue weighted by atomic mass is 10.00. The molecule has 0 radical (unpaired) electrons. The minimum Gasteiger partial charge on any atom is -0.485 e. The Morgan fingerprint density at radius 2 is 2.10 bits per heavy atom. The highest BCUT2D eigenvalue weighted by atomic mass is 16.6. The van der Waals surface area contributed by atoms with Gasteiger partial charge in [-0.05, 0) is 31.5 Å². The zero-order chi connectivity index (χ0) is 14.1. The molecule has 2 unspecified atom stereocenters. The number of nitrogens with one attached hydrogen (secondary N) is 1. The third-order valence-electron chi connectivity index (χ3n) is 3.90. The fourth-order valence-corrected chi connectivity index (χ4v) is 2.75. The number of para-hydroxylation sites is 2. The van der Waals surface area contributed by atoms with Crippen LogP contribution in [0.2, 0.25) is 0 Å². The smallest absolute Gasteiger partial charge is 0.231 e. The van der Waals surface area contributed by atoms with Crippen LogP contribution in [-0.2, 0) is 0 Å². The van der Waals surface area contributed by atoms with Gasteiger partial charge in [0.2, 0.25) is 11.7 Å². The van der Waals surface area contributed by atoms with Gasteiger partial charge >= 0.3 is 0 Å². The van der Waals surface area contributed by atoms with Crippen molar-refractivity contribution in [1.29, 1.82) is 0 Å². The maximum atomic E-state index is 5.89. The average Bonchev–Trinajstić information content (AvgIpc) is 3.05. The van der Waals surface area contributed by atoms with Gasteiger partial charge in [-0.1, -0.05) is 17.3 Å². The number of fused-ring (bicyclic) bond motifs is 1. The lowest BCUT2D eigenvalue weighted by Gasteiger charge is -2.24. The van der Waals surface area contributed by atoms with E-state index in [1.165, 1.54) is 0 Å². The zero-order valence-electron chi connectivity index (χ0n) is 11.6. The molecule has 1 N–H and O–H groups in total. The van der Waals surface area contributed by atoms with Crippen molar-refractivity contribution in [2.24, 2.45) is 0 Å². The van der Waals surface area contributed by atoms with Gasteiger partial charge in [0.05, 0.1) is 5.92 Å². The van der Waals surface area contributed by atoms with E-state index < -0.39 is 0 Å². The van der Waals surface area contributed by atoms with Crippen LogP contribution in [0.1, 0.15) is 36.6 Å². The van der Waals surface area contributed by atoms with Gasteiger partial charge in [0, 0.05) is 6.54 Å². The Labute approximate surface area is 122 Å². The third kappa shape index (κ3) is 2.47. The summed E-state index contributed by atoms with van der Waals surface area (Å²) in [6.45, 7) is 2.36. The van der Waals surface area contributed by atoms with E-state index in [1.807, 2.05) is 24.3 Å². The SMILES string of the molecule is c1ccc2c(c1)OCC(c1noc(C3CCCNC3)n1)O2. The first kappa shape index (κ1) is 12.6. The quantitative estimate of drug-likeness (QED) is 0.911. The van der Waals surface area contributed by atoms with Crippen LogP contribution in [0, 0.1) is 0 Å². The Hall–Kier alpha value is -2.08. The first-order chi connectivity index (χ1) is 10.4.